The summed E-state index contributed by atoms with van der Waals surface area (Å²) in [5.74, 6) is -1.32. The highest BCUT2D eigenvalue weighted by molar-refractivity contribution is 5.47. The van der Waals surface area contributed by atoms with Gasteiger partial charge in [-0.1, -0.05) is 42.5 Å². The van der Waals surface area contributed by atoms with Gasteiger partial charge in [0.05, 0.1) is 0 Å². The maximum Gasteiger partial charge on any atom is 0.403 e. The summed E-state index contributed by atoms with van der Waals surface area (Å²) < 4.78 is 51.9. The van der Waals surface area contributed by atoms with Gasteiger partial charge in [0.25, 0.3) is 0 Å². The highest BCUT2D eigenvalue weighted by Crippen LogP contribution is 2.38. The molecular weight excluding hydrogens is 244 g/mol. The van der Waals surface area contributed by atoms with Crippen molar-refractivity contribution in [1.29, 1.82) is 0 Å². The van der Waals surface area contributed by atoms with Gasteiger partial charge >= 0.3 is 6.18 Å². The van der Waals surface area contributed by atoms with Crippen LogP contribution in [0.5, 0.6) is 0 Å². The lowest BCUT2D eigenvalue weighted by atomic mass is 9.91. The molecule has 0 atom stereocenters. The monoisotopic (exact) mass is 253 g/mol. The van der Waals surface area contributed by atoms with Crippen LogP contribution in [0, 0.1) is 11.7 Å². The topological polar surface area (TPSA) is 0 Å². The van der Waals surface area contributed by atoms with Crippen molar-refractivity contribution in [2.24, 2.45) is 0 Å². The average Bonchev–Trinajstić information content (AvgIpc) is 2.32. The average molecular weight is 253 g/mol. The second-order valence-corrected chi connectivity index (χ2v) is 3.75. The van der Waals surface area contributed by atoms with E-state index >= 15 is 0 Å². The van der Waals surface area contributed by atoms with E-state index in [-0.39, 0.29) is 11.1 Å². The van der Waals surface area contributed by atoms with Crippen molar-refractivity contribution in [2.75, 3.05) is 0 Å². The highest BCUT2D eigenvalue weighted by Gasteiger charge is 2.42. The molecule has 0 aliphatic rings. The molecule has 0 aliphatic heterocycles. The third-order valence-electron chi connectivity index (χ3n) is 2.48. The second kappa shape index (κ2) is 4.80. The Morgan fingerprint density at radius 2 is 1.22 bits per heavy atom. The Morgan fingerprint density at radius 3 is 1.72 bits per heavy atom. The smallest absolute Gasteiger partial charge is 0.207 e. The lowest BCUT2D eigenvalue weighted by Gasteiger charge is -2.20. The predicted octanol–water partition coefficient (Wildman–Crippen LogP) is 4.36. The molecule has 2 aromatic carbocycles. The largest absolute Gasteiger partial charge is 0.403 e. The van der Waals surface area contributed by atoms with Crippen LogP contribution in [0.3, 0.4) is 0 Å². The molecule has 1 radical (unpaired) electrons. The summed E-state index contributed by atoms with van der Waals surface area (Å²) in [6.07, 6.45) is -4.49. The molecule has 93 valence electrons. The fourth-order valence-electron chi connectivity index (χ4n) is 1.72. The van der Waals surface area contributed by atoms with Crippen LogP contribution >= 0.6 is 0 Å². The summed E-state index contributed by atoms with van der Waals surface area (Å²) in [6.45, 7) is 0. The summed E-state index contributed by atoms with van der Waals surface area (Å²) in [4.78, 5) is 0. The van der Waals surface area contributed by atoms with Gasteiger partial charge in [-0.2, -0.15) is 13.2 Å². The summed E-state index contributed by atoms with van der Waals surface area (Å²) in [5.41, 5.74) is 0.0201. The van der Waals surface area contributed by atoms with E-state index in [0.29, 0.717) is 0 Å². The van der Waals surface area contributed by atoms with Crippen LogP contribution in [-0.2, 0) is 0 Å². The number of alkyl halides is 3. The molecule has 0 aromatic heterocycles. The molecule has 18 heavy (non-hydrogen) atoms. The maximum absolute atomic E-state index is 13.1. The normalized spacial score (nSPS) is 11.8. The van der Waals surface area contributed by atoms with Crippen LogP contribution in [-0.4, -0.2) is 6.18 Å². The summed E-state index contributed by atoms with van der Waals surface area (Å²) in [5, 5.41) is 0. The molecule has 0 spiro atoms. The van der Waals surface area contributed by atoms with Crippen LogP contribution in [0.4, 0.5) is 17.6 Å². The Balaban J connectivity index is 2.47. The lowest BCUT2D eigenvalue weighted by molar-refractivity contribution is -0.105. The third-order valence-corrected chi connectivity index (χ3v) is 2.48. The van der Waals surface area contributed by atoms with Gasteiger partial charge < -0.3 is 0 Å². The van der Waals surface area contributed by atoms with E-state index in [9.17, 15) is 17.6 Å². The van der Waals surface area contributed by atoms with Crippen LogP contribution in [0.1, 0.15) is 11.1 Å². The summed E-state index contributed by atoms with van der Waals surface area (Å²) >= 11 is 0. The van der Waals surface area contributed by atoms with Crippen molar-refractivity contribution in [2.45, 2.75) is 6.18 Å². The van der Waals surface area contributed by atoms with Gasteiger partial charge in [0.15, 0.2) is 0 Å². The SMILES string of the molecule is Fc1ccc([C](c2ccccc2)C(F)(F)F)cc1. The standard InChI is InChI=1S/C14H9F4/c15-12-8-6-11(7-9-12)13(14(16,17)18)10-4-2-1-3-5-10/h1-9H. The number of benzene rings is 2. The number of hydrogen-bond donors (Lipinski definition) is 0. The van der Waals surface area contributed by atoms with Gasteiger partial charge in [0, 0.05) is 0 Å². The molecule has 0 fully saturated rings. The quantitative estimate of drug-likeness (QED) is 0.697. The van der Waals surface area contributed by atoms with Crippen molar-refractivity contribution in [3.63, 3.8) is 0 Å². The fourth-order valence-corrected chi connectivity index (χ4v) is 1.72. The first-order chi connectivity index (χ1) is 8.48. The summed E-state index contributed by atoms with van der Waals surface area (Å²) in [6, 6.07) is 11.8. The molecule has 0 amide bonds. The highest BCUT2D eigenvalue weighted by atomic mass is 19.4. The maximum atomic E-state index is 13.1. The Kier molecular flexibility index (Phi) is 3.36. The first kappa shape index (κ1) is 12.6. The third kappa shape index (κ3) is 2.70. The van der Waals surface area contributed by atoms with E-state index in [4.69, 9.17) is 0 Å². The van der Waals surface area contributed by atoms with Gasteiger partial charge in [-0.15, -0.1) is 0 Å². The Bertz CT molecular complexity index is 500. The zero-order chi connectivity index (χ0) is 13.2. The molecule has 2 aromatic rings. The van der Waals surface area contributed by atoms with E-state index < -0.39 is 17.9 Å². The van der Waals surface area contributed by atoms with E-state index in [1.807, 2.05) is 0 Å². The van der Waals surface area contributed by atoms with Crippen molar-refractivity contribution >= 4 is 0 Å². The van der Waals surface area contributed by atoms with E-state index in [0.717, 1.165) is 24.3 Å². The first-order valence-corrected chi connectivity index (χ1v) is 5.24. The molecule has 0 unspecified atom stereocenters. The van der Waals surface area contributed by atoms with Crippen molar-refractivity contribution in [3.05, 3.63) is 77.5 Å². The Morgan fingerprint density at radius 1 is 0.722 bits per heavy atom. The van der Waals surface area contributed by atoms with Crippen LogP contribution < -0.4 is 0 Å². The van der Waals surface area contributed by atoms with Gasteiger partial charge in [0.1, 0.15) is 11.7 Å². The van der Waals surface area contributed by atoms with Gasteiger partial charge in [-0.3, -0.25) is 0 Å². The van der Waals surface area contributed by atoms with Crippen LogP contribution in [0.2, 0.25) is 0 Å². The number of halogens is 4. The first-order valence-electron chi connectivity index (χ1n) is 5.24. The van der Waals surface area contributed by atoms with Crippen LogP contribution in [0.15, 0.2) is 54.6 Å². The zero-order valence-corrected chi connectivity index (χ0v) is 9.21. The minimum absolute atomic E-state index is 0.0462. The zero-order valence-electron chi connectivity index (χ0n) is 9.21. The molecule has 2 rings (SSSR count). The van der Waals surface area contributed by atoms with Gasteiger partial charge in [-0.25, -0.2) is 4.39 Å². The van der Waals surface area contributed by atoms with E-state index in [1.165, 1.54) is 24.3 Å². The van der Waals surface area contributed by atoms with E-state index in [1.54, 1.807) is 6.07 Å². The second-order valence-electron chi connectivity index (χ2n) is 3.75. The van der Waals surface area contributed by atoms with Crippen molar-refractivity contribution < 1.29 is 17.6 Å². The molecule has 0 bridgehead atoms. The van der Waals surface area contributed by atoms with Crippen LogP contribution in [0.25, 0.3) is 0 Å². The fraction of sp³-hybridized carbons (Fsp3) is 0.0714. The molecule has 0 saturated carbocycles. The summed E-state index contributed by atoms with van der Waals surface area (Å²) in [7, 11) is 0. The van der Waals surface area contributed by atoms with Gasteiger partial charge in [0.2, 0.25) is 0 Å². The minimum Gasteiger partial charge on any atom is -0.207 e. The molecule has 0 nitrogen and oxygen atoms in total. The van der Waals surface area contributed by atoms with E-state index in [2.05, 4.69) is 0 Å². The number of rotatable bonds is 2. The Labute approximate surface area is 102 Å². The Hall–Kier alpha value is -1.84. The minimum atomic E-state index is -4.49. The number of hydrogen-bond acceptors (Lipinski definition) is 0. The van der Waals surface area contributed by atoms with Crippen molar-refractivity contribution in [1.82, 2.24) is 0 Å². The molecule has 0 saturated heterocycles. The molecule has 0 N–H and O–H groups in total. The molecule has 0 heterocycles. The predicted molar refractivity (Wildman–Crippen MR) is 60.3 cm³/mol. The molecule has 4 heteroatoms. The van der Waals surface area contributed by atoms with Gasteiger partial charge in [-0.05, 0) is 23.3 Å². The van der Waals surface area contributed by atoms with Crippen molar-refractivity contribution in [3.8, 4) is 0 Å². The molecular formula is C14H9F4. The lowest BCUT2D eigenvalue weighted by Crippen LogP contribution is -2.22. The molecule has 0 aliphatic carbocycles.